The van der Waals surface area contributed by atoms with Gasteiger partial charge in [0.2, 0.25) is 16.8 Å². The molecule has 1 aliphatic heterocycles. The Labute approximate surface area is 165 Å². The topological polar surface area (TPSA) is 93.3 Å². The zero-order valence-corrected chi connectivity index (χ0v) is 17.3. The lowest BCUT2D eigenvalue weighted by atomic mass is 9.86. The standard InChI is InChI=1S/C20H27N3O4S/c1-20(2,3)28(24,25)23-15-7-4-13(5-8-15)19-21-11-16(22-19)14-6-9-17-18(10-14)27-12-26-17/h6,9-11,13,15,23H,4-5,7-8,12H2,1-3H3,(H,21,22). The number of hydrogen-bond donors (Lipinski definition) is 2. The van der Waals surface area contributed by atoms with E-state index in [1.54, 1.807) is 20.8 Å². The van der Waals surface area contributed by atoms with Crippen LogP contribution in [0.2, 0.25) is 0 Å². The summed E-state index contributed by atoms with van der Waals surface area (Å²) in [6.07, 6.45) is 5.30. The number of hydrogen-bond acceptors (Lipinski definition) is 5. The fourth-order valence-corrected chi connectivity index (χ4v) is 4.66. The first-order valence-corrected chi connectivity index (χ1v) is 11.2. The van der Waals surface area contributed by atoms with Crippen LogP contribution in [0.5, 0.6) is 11.5 Å². The van der Waals surface area contributed by atoms with Crippen molar-refractivity contribution in [2.45, 2.75) is 63.2 Å². The lowest BCUT2D eigenvalue weighted by Gasteiger charge is -2.30. The molecule has 2 N–H and O–H groups in total. The molecule has 28 heavy (non-hydrogen) atoms. The molecular weight excluding hydrogens is 378 g/mol. The third kappa shape index (κ3) is 3.75. The summed E-state index contributed by atoms with van der Waals surface area (Å²) in [5.74, 6) is 2.79. The molecule has 1 aliphatic carbocycles. The molecule has 1 fully saturated rings. The molecule has 4 rings (SSSR count). The largest absolute Gasteiger partial charge is 0.454 e. The maximum Gasteiger partial charge on any atom is 0.231 e. The molecule has 2 heterocycles. The van der Waals surface area contributed by atoms with Crippen LogP contribution in [0.25, 0.3) is 11.3 Å². The van der Waals surface area contributed by atoms with E-state index in [9.17, 15) is 8.42 Å². The van der Waals surface area contributed by atoms with Gasteiger partial charge in [-0.1, -0.05) is 0 Å². The van der Waals surface area contributed by atoms with E-state index in [1.807, 2.05) is 24.4 Å². The summed E-state index contributed by atoms with van der Waals surface area (Å²) in [5, 5.41) is 0. The number of imidazole rings is 1. The second kappa shape index (κ2) is 7.08. The Morgan fingerprint density at radius 3 is 2.54 bits per heavy atom. The third-order valence-electron chi connectivity index (χ3n) is 5.52. The summed E-state index contributed by atoms with van der Waals surface area (Å²) in [6.45, 7) is 5.43. The quantitative estimate of drug-likeness (QED) is 0.811. The second-order valence-electron chi connectivity index (χ2n) is 8.53. The van der Waals surface area contributed by atoms with Crippen LogP contribution in [0.1, 0.15) is 58.2 Å². The molecule has 0 amide bonds. The van der Waals surface area contributed by atoms with Crippen molar-refractivity contribution in [1.82, 2.24) is 14.7 Å². The van der Waals surface area contributed by atoms with Crippen molar-refractivity contribution in [3.63, 3.8) is 0 Å². The van der Waals surface area contributed by atoms with Crippen LogP contribution in [0.15, 0.2) is 24.4 Å². The van der Waals surface area contributed by atoms with Crippen LogP contribution in [0.3, 0.4) is 0 Å². The van der Waals surface area contributed by atoms with Gasteiger partial charge in [0.25, 0.3) is 0 Å². The van der Waals surface area contributed by atoms with E-state index in [0.29, 0.717) is 5.92 Å². The minimum atomic E-state index is -3.31. The van der Waals surface area contributed by atoms with Gasteiger partial charge in [0, 0.05) is 17.5 Å². The molecule has 7 nitrogen and oxygen atoms in total. The molecule has 2 aromatic rings. The molecule has 0 bridgehead atoms. The molecule has 8 heteroatoms. The van der Waals surface area contributed by atoms with Gasteiger partial charge in [0.05, 0.1) is 16.6 Å². The highest BCUT2D eigenvalue weighted by atomic mass is 32.2. The summed E-state index contributed by atoms with van der Waals surface area (Å²) in [7, 11) is -3.31. The maximum atomic E-state index is 12.4. The van der Waals surface area contributed by atoms with Gasteiger partial charge in [-0.05, 0) is 64.7 Å². The first-order valence-electron chi connectivity index (χ1n) is 9.70. The van der Waals surface area contributed by atoms with Gasteiger partial charge in [0.15, 0.2) is 11.5 Å². The van der Waals surface area contributed by atoms with Gasteiger partial charge < -0.3 is 14.5 Å². The molecule has 0 saturated heterocycles. The first-order chi connectivity index (χ1) is 13.2. The first kappa shape index (κ1) is 19.3. The summed E-state index contributed by atoms with van der Waals surface area (Å²) in [6, 6.07) is 5.86. The normalized spacial score (nSPS) is 22.4. The van der Waals surface area contributed by atoms with Crippen LogP contribution >= 0.6 is 0 Å². The number of nitrogens with one attached hydrogen (secondary N) is 2. The van der Waals surface area contributed by atoms with Crippen LogP contribution in [-0.2, 0) is 10.0 Å². The Morgan fingerprint density at radius 2 is 1.82 bits per heavy atom. The number of aromatic amines is 1. The van der Waals surface area contributed by atoms with Gasteiger partial charge in [-0.15, -0.1) is 0 Å². The Kier molecular flexibility index (Phi) is 4.87. The van der Waals surface area contributed by atoms with Gasteiger partial charge in [-0.25, -0.2) is 18.1 Å². The van der Waals surface area contributed by atoms with Gasteiger partial charge in [0.1, 0.15) is 5.82 Å². The van der Waals surface area contributed by atoms with Crippen molar-refractivity contribution in [2.75, 3.05) is 6.79 Å². The fraction of sp³-hybridized carbons (Fsp3) is 0.550. The molecule has 0 radical (unpaired) electrons. The van der Waals surface area contributed by atoms with Crippen molar-refractivity contribution in [3.05, 3.63) is 30.2 Å². The molecule has 0 spiro atoms. The van der Waals surface area contributed by atoms with E-state index in [1.165, 1.54) is 0 Å². The average molecular weight is 406 g/mol. The predicted molar refractivity (Wildman–Crippen MR) is 107 cm³/mol. The third-order valence-corrected chi connectivity index (χ3v) is 7.78. The van der Waals surface area contributed by atoms with Crippen molar-refractivity contribution < 1.29 is 17.9 Å². The minimum Gasteiger partial charge on any atom is -0.454 e. The van der Waals surface area contributed by atoms with Crippen molar-refractivity contribution >= 4 is 10.0 Å². The van der Waals surface area contributed by atoms with Crippen LogP contribution in [0.4, 0.5) is 0 Å². The van der Waals surface area contributed by atoms with E-state index >= 15 is 0 Å². The van der Waals surface area contributed by atoms with Gasteiger partial charge in [-0.3, -0.25) is 0 Å². The summed E-state index contributed by atoms with van der Waals surface area (Å²) in [5.41, 5.74) is 1.96. The molecule has 0 atom stereocenters. The number of ether oxygens (including phenoxy) is 2. The molecule has 2 aliphatic rings. The monoisotopic (exact) mass is 405 g/mol. The molecule has 1 aromatic carbocycles. The SMILES string of the molecule is CC(C)(C)S(=O)(=O)NC1CCC(c2ncc(-c3ccc4c(c3)OCO4)[nH]2)CC1. The Balaban J connectivity index is 1.40. The number of fused-ring (bicyclic) bond motifs is 1. The molecule has 1 saturated carbocycles. The minimum absolute atomic E-state index is 0.00349. The van der Waals surface area contributed by atoms with Crippen LogP contribution in [0, 0.1) is 0 Å². The highest BCUT2D eigenvalue weighted by Gasteiger charge is 2.33. The molecule has 0 unspecified atom stereocenters. The maximum absolute atomic E-state index is 12.4. The Bertz CT molecular complexity index is 954. The van der Waals surface area contributed by atoms with E-state index in [2.05, 4.69) is 14.7 Å². The number of benzene rings is 1. The van der Waals surface area contributed by atoms with E-state index in [4.69, 9.17) is 9.47 Å². The van der Waals surface area contributed by atoms with Gasteiger partial charge >= 0.3 is 0 Å². The lowest BCUT2D eigenvalue weighted by molar-refractivity contribution is 0.174. The van der Waals surface area contributed by atoms with Crippen molar-refractivity contribution in [2.24, 2.45) is 0 Å². The Morgan fingerprint density at radius 1 is 1.11 bits per heavy atom. The molecule has 152 valence electrons. The van der Waals surface area contributed by atoms with Crippen molar-refractivity contribution in [1.29, 1.82) is 0 Å². The van der Waals surface area contributed by atoms with E-state index in [-0.39, 0.29) is 12.8 Å². The number of sulfonamides is 1. The average Bonchev–Trinajstić information content (AvgIpc) is 3.30. The predicted octanol–water partition coefficient (Wildman–Crippen LogP) is 3.55. The number of H-pyrrole nitrogens is 1. The second-order valence-corrected chi connectivity index (χ2v) is 11.0. The molecule has 1 aromatic heterocycles. The fourth-order valence-electron chi connectivity index (χ4n) is 3.64. The van der Waals surface area contributed by atoms with E-state index < -0.39 is 14.8 Å². The van der Waals surface area contributed by atoms with Crippen molar-refractivity contribution in [3.8, 4) is 22.8 Å². The number of aromatic nitrogens is 2. The smallest absolute Gasteiger partial charge is 0.231 e. The number of rotatable bonds is 4. The summed E-state index contributed by atoms with van der Waals surface area (Å²) >= 11 is 0. The number of nitrogens with zero attached hydrogens (tertiary/aromatic N) is 1. The summed E-state index contributed by atoms with van der Waals surface area (Å²) < 4.78 is 37.6. The van der Waals surface area contributed by atoms with Gasteiger partial charge in [-0.2, -0.15) is 0 Å². The highest BCUT2D eigenvalue weighted by molar-refractivity contribution is 7.90. The Hall–Kier alpha value is -2.06. The zero-order valence-electron chi connectivity index (χ0n) is 16.5. The summed E-state index contributed by atoms with van der Waals surface area (Å²) in [4.78, 5) is 8.01. The molecular formula is C20H27N3O4S. The van der Waals surface area contributed by atoms with Crippen LogP contribution in [-0.4, -0.2) is 36.0 Å². The zero-order chi connectivity index (χ0) is 19.9. The van der Waals surface area contributed by atoms with E-state index in [0.717, 1.165) is 54.3 Å². The van der Waals surface area contributed by atoms with Crippen LogP contribution < -0.4 is 14.2 Å². The highest BCUT2D eigenvalue weighted by Crippen LogP contribution is 2.37. The lowest BCUT2D eigenvalue weighted by Crippen LogP contribution is -2.45.